The van der Waals surface area contributed by atoms with Gasteiger partial charge < -0.3 is 9.47 Å². The molecule has 2 heterocycles. The van der Waals surface area contributed by atoms with Gasteiger partial charge in [0.25, 0.3) is 0 Å². The van der Waals surface area contributed by atoms with Crippen molar-refractivity contribution in [1.29, 1.82) is 0 Å². The smallest absolute Gasteiger partial charge is 0.114 e. The molecular weight excluding hydrogens is 294 g/mol. The van der Waals surface area contributed by atoms with Crippen LogP contribution in [-0.2, 0) is 6.54 Å². The molecule has 0 bridgehead atoms. The summed E-state index contributed by atoms with van der Waals surface area (Å²) in [6.07, 6.45) is 9.29. The average Bonchev–Trinajstić information content (AvgIpc) is 2.93. The van der Waals surface area contributed by atoms with Gasteiger partial charge in [-0.25, -0.2) is 4.98 Å². The Kier molecular flexibility index (Phi) is 4.70. The van der Waals surface area contributed by atoms with Crippen LogP contribution in [0, 0.1) is 12.8 Å². The SMILES string of the molecule is Cc1cnc(C2CN(CC3CCCCC3)C2)n1Cc1ccccc1. The maximum absolute atomic E-state index is 4.75. The predicted molar refractivity (Wildman–Crippen MR) is 98.3 cm³/mol. The van der Waals surface area contributed by atoms with Gasteiger partial charge in [-0.05, 0) is 31.2 Å². The van der Waals surface area contributed by atoms with Gasteiger partial charge in [0.2, 0.25) is 0 Å². The van der Waals surface area contributed by atoms with Crippen molar-refractivity contribution >= 4 is 0 Å². The summed E-state index contributed by atoms with van der Waals surface area (Å²) in [5.41, 5.74) is 2.64. The number of aromatic nitrogens is 2. The molecule has 1 saturated heterocycles. The minimum atomic E-state index is 0.617. The molecule has 2 fully saturated rings. The molecule has 128 valence electrons. The number of aryl methyl sites for hydroxylation is 1. The highest BCUT2D eigenvalue weighted by Gasteiger charge is 2.33. The maximum Gasteiger partial charge on any atom is 0.114 e. The fourth-order valence-corrected chi connectivity index (χ4v) is 4.39. The second kappa shape index (κ2) is 7.10. The molecule has 2 aromatic rings. The molecule has 0 unspecified atom stereocenters. The first-order valence-electron chi connectivity index (χ1n) is 9.58. The zero-order valence-corrected chi connectivity index (χ0v) is 14.8. The van der Waals surface area contributed by atoms with E-state index in [4.69, 9.17) is 4.98 Å². The number of hydrogen-bond acceptors (Lipinski definition) is 2. The Bertz CT molecular complexity index is 649. The van der Waals surface area contributed by atoms with Crippen molar-refractivity contribution < 1.29 is 0 Å². The van der Waals surface area contributed by atoms with Gasteiger partial charge in [0.1, 0.15) is 5.82 Å². The Hall–Kier alpha value is -1.61. The van der Waals surface area contributed by atoms with E-state index in [-0.39, 0.29) is 0 Å². The minimum absolute atomic E-state index is 0.617. The summed E-state index contributed by atoms with van der Waals surface area (Å²) in [5.74, 6) is 2.85. The van der Waals surface area contributed by atoms with Crippen molar-refractivity contribution in [2.24, 2.45) is 5.92 Å². The highest BCUT2D eigenvalue weighted by atomic mass is 15.2. The van der Waals surface area contributed by atoms with E-state index in [1.165, 1.54) is 68.8 Å². The van der Waals surface area contributed by atoms with E-state index in [0.717, 1.165) is 12.5 Å². The summed E-state index contributed by atoms with van der Waals surface area (Å²) in [5, 5.41) is 0. The quantitative estimate of drug-likeness (QED) is 0.821. The topological polar surface area (TPSA) is 21.1 Å². The van der Waals surface area contributed by atoms with Gasteiger partial charge in [-0.2, -0.15) is 0 Å². The van der Waals surface area contributed by atoms with E-state index >= 15 is 0 Å². The highest BCUT2D eigenvalue weighted by Crippen LogP contribution is 2.31. The molecule has 3 heteroatoms. The summed E-state index contributed by atoms with van der Waals surface area (Å²) in [7, 11) is 0. The average molecular weight is 323 g/mol. The molecule has 1 saturated carbocycles. The van der Waals surface area contributed by atoms with E-state index < -0.39 is 0 Å². The maximum atomic E-state index is 4.75. The lowest BCUT2D eigenvalue weighted by Gasteiger charge is -2.41. The van der Waals surface area contributed by atoms with Crippen LogP contribution >= 0.6 is 0 Å². The lowest BCUT2D eigenvalue weighted by atomic mass is 9.87. The number of likely N-dealkylation sites (tertiary alicyclic amines) is 1. The van der Waals surface area contributed by atoms with Gasteiger partial charge in [0.15, 0.2) is 0 Å². The van der Waals surface area contributed by atoms with Crippen LogP contribution in [-0.4, -0.2) is 34.1 Å². The molecule has 3 nitrogen and oxygen atoms in total. The Morgan fingerprint density at radius 3 is 2.54 bits per heavy atom. The standard InChI is InChI=1S/C21H29N3/c1-17-12-22-21(24(17)14-19-10-6-3-7-11-19)20-15-23(16-20)13-18-8-4-2-5-9-18/h3,6-7,10-12,18,20H,2,4-5,8-9,13-16H2,1H3. The van der Waals surface area contributed by atoms with E-state index in [2.05, 4.69) is 46.7 Å². The Morgan fingerprint density at radius 1 is 1.04 bits per heavy atom. The fourth-order valence-electron chi connectivity index (χ4n) is 4.39. The second-order valence-electron chi connectivity index (χ2n) is 7.75. The number of hydrogen-bond donors (Lipinski definition) is 0. The summed E-state index contributed by atoms with van der Waals surface area (Å²) < 4.78 is 2.41. The van der Waals surface area contributed by atoms with Crippen LogP contribution in [0.1, 0.15) is 55.1 Å². The fraction of sp³-hybridized carbons (Fsp3) is 0.571. The van der Waals surface area contributed by atoms with Crippen molar-refractivity contribution in [2.75, 3.05) is 19.6 Å². The normalized spacial score (nSPS) is 20.2. The summed E-state index contributed by atoms with van der Waals surface area (Å²) in [6, 6.07) is 10.7. The van der Waals surface area contributed by atoms with Gasteiger partial charge in [0.05, 0.1) is 0 Å². The van der Waals surface area contributed by atoms with Crippen LogP contribution in [0.25, 0.3) is 0 Å². The molecule has 1 aliphatic carbocycles. The Morgan fingerprint density at radius 2 is 1.79 bits per heavy atom. The van der Waals surface area contributed by atoms with E-state index in [1.807, 2.05) is 6.20 Å². The van der Waals surface area contributed by atoms with Gasteiger partial charge in [0, 0.05) is 44.0 Å². The predicted octanol–water partition coefficient (Wildman–Crippen LogP) is 4.22. The lowest BCUT2D eigenvalue weighted by molar-refractivity contribution is 0.106. The molecule has 4 rings (SSSR count). The third kappa shape index (κ3) is 3.41. The van der Waals surface area contributed by atoms with Crippen molar-refractivity contribution in [3.05, 3.63) is 53.6 Å². The zero-order valence-electron chi connectivity index (χ0n) is 14.8. The van der Waals surface area contributed by atoms with Crippen LogP contribution < -0.4 is 0 Å². The van der Waals surface area contributed by atoms with Gasteiger partial charge in [-0.3, -0.25) is 0 Å². The Balaban J connectivity index is 1.37. The highest BCUT2D eigenvalue weighted by molar-refractivity contribution is 5.19. The molecule has 0 spiro atoms. The molecule has 1 aromatic carbocycles. The zero-order chi connectivity index (χ0) is 16.4. The van der Waals surface area contributed by atoms with Crippen LogP contribution in [0.3, 0.4) is 0 Å². The molecule has 24 heavy (non-hydrogen) atoms. The number of benzene rings is 1. The summed E-state index contributed by atoms with van der Waals surface area (Å²) >= 11 is 0. The van der Waals surface area contributed by atoms with E-state index in [9.17, 15) is 0 Å². The van der Waals surface area contributed by atoms with Crippen LogP contribution in [0.4, 0.5) is 0 Å². The molecule has 1 aromatic heterocycles. The van der Waals surface area contributed by atoms with Crippen molar-refractivity contribution in [1.82, 2.24) is 14.5 Å². The molecule has 1 aliphatic heterocycles. The van der Waals surface area contributed by atoms with Crippen molar-refractivity contribution in [2.45, 2.75) is 51.5 Å². The number of rotatable bonds is 5. The van der Waals surface area contributed by atoms with Gasteiger partial charge in [-0.1, -0.05) is 49.6 Å². The molecule has 0 radical (unpaired) electrons. The molecule has 0 atom stereocenters. The monoisotopic (exact) mass is 323 g/mol. The van der Waals surface area contributed by atoms with Crippen LogP contribution in [0.15, 0.2) is 36.5 Å². The first-order valence-corrected chi connectivity index (χ1v) is 9.58. The first-order chi connectivity index (χ1) is 11.8. The molecule has 0 N–H and O–H groups in total. The lowest BCUT2D eigenvalue weighted by Crippen LogP contribution is -2.48. The van der Waals surface area contributed by atoms with Crippen molar-refractivity contribution in [3.8, 4) is 0 Å². The minimum Gasteiger partial charge on any atom is -0.328 e. The Labute approximate surface area is 145 Å². The largest absolute Gasteiger partial charge is 0.328 e. The van der Waals surface area contributed by atoms with Crippen molar-refractivity contribution in [3.63, 3.8) is 0 Å². The summed E-state index contributed by atoms with van der Waals surface area (Å²) in [6.45, 7) is 6.83. The second-order valence-corrected chi connectivity index (χ2v) is 7.75. The third-order valence-electron chi connectivity index (χ3n) is 5.83. The third-order valence-corrected chi connectivity index (χ3v) is 5.83. The van der Waals surface area contributed by atoms with E-state index in [1.54, 1.807) is 0 Å². The number of imidazole rings is 1. The first kappa shape index (κ1) is 15.9. The van der Waals surface area contributed by atoms with Gasteiger partial charge >= 0.3 is 0 Å². The van der Waals surface area contributed by atoms with Crippen LogP contribution in [0.2, 0.25) is 0 Å². The summed E-state index contributed by atoms with van der Waals surface area (Å²) in [4.78, 5) is 7.40. The van der Waals surface area contributed by atoms with Crippen LogP contribution in [0.5, 0.6) is 0 Å². The molecular formula is C21H29N3. The number of nitrogens with zero attached hydrogens (tertiary/aromatic N) is 3. The van der Waals surface area contributed by atoms with Gasteiger partial charge in [-0.15, -0.1) is 0 Å². The molecule has 0 amide bonds. The van der Waals surface area contributed by atoms with E-state index in [0.29, 0.717) is 5.92 Å². The molecule has 2 aliphatic rings.